The molecular formula is C10H14ClN3O2. The van der Waals surface area contributed by atoms with Gasteiger partial charge in [0, 0.05) is 19.7 Å². The van der Waals surface area contributed by atoms with Crippen LogP contribution in [0.4, 0.5) is 5.82 Å². The lowest BCUT2D eigenvalue weighted by Gasteiger charge is -2.35. The maximum Gasteiger partial charge on any atom is 0.350 e. The number of ether oxygens (including phenoxy) is 1. The van der Waals surface area contributed by atoms with Gasteiger partial charge in [-0.3, -0.25) is 4.57 Å². The zero-order valence-corrected chi connectivity index (χ0v) is 10.1. The summed E-state index contributed by atoms with van der Waals surface area (Å²) in [6.07, 6.45) is 0. The second-order valence-electron chi connectivity index (χ2n) is 3.90. The van der Waals surface area contributed by atoms with E-state index in [0.29, 0.717) is 13.2 Å². The number of hydrogen-bond donors (Lipinski definition) is 0. The van der Waals surface area contributed by atoms with E-state index in [-0.39, 0.29) is 16.9 Å². The van der Waals surface area contributed by atoms with Crippen LogP contribution in [0.3, 0.4) is 0 Å². The third-order valence-corrected chi connectivity index (χ3v) is 2.94. The number of aromatic nitrogens is 2. The average molecular weight is 244 g/mol. The molecule has 0 spiro atoms. The fourth-order valence-corrected chi connectivity index (χ4v) is 2.01. The van der Waals surface area contributed by atoms with Crippen molar-refractivity contribution >= 4 is 17.4 Å². The topological polar surface area (TPSA) is 47.4 Å². The van der Waals surface area contributed by atoms with E-state index in [0.717, 1.165) is 12.4 Å². The molecule has 0 amide bonds. The van der Waals surface area contributed by atoms with E-state index in [1.165, 1.54) is 4.57 Å². The number of hydrogen-bond acceptors (Lipinski definition) is 4. The van der Waals surface area contributed by atoms with Gasteiger partial charge in [-0.05, 0) is 6.92 Å². The van der Waals surface area contributed by atoms with Gasteiger partial charge >= 0.3 is 5.69 Å². The van der Waals surface area contributed by atoms with Crippen LogP contribution in [0.25, 0.3) is 0 Å². The van der Waals surface area contributed by atoms with E-state index in [1.807, 2.05) is 0 Å². The molecule has 6 heteroatoms. The minimum Gasteiger partial charge on any atom is -0.377 e. The lowest BCUT2D eigenvalue weighted by molar-refractivity contribution is 0.0981. The second kappa shape index (κ2) is 4.43. The molecule has 1 aliphatic heterocycles. The molecule has 16 heavy (non-hydrogen) atoms. The highest BCUT2D eigenvalue weighted by molar-refractivity contribution is 6.29. The van der Waals surface area contributed by atoms with Crippen LogP contribution in [0.5, 0.6) is 0 Å². The highest BCUT2D eigenvalue weighted by atomic mass is 35.5. The zero-order valence-electron chi connectivity index (χ0n) is 9.31. The molecule has 1 aromatic rings. The quantitative estimate of drug-likeness (QED) is 0.680. The zero-order chi connectivity index (χ0) is 11.7. The van der Waals surface area contributed by atoms with Crippen molar-refractivity contribution in [1.29, 1.82) is 0 Å². The van der Waals surface area contributed by atoms with E-state index in [1.54, 1.807) is 13.1 Å². The number of rotatable bonds is 1. The first-order valence-corrected chi connectivity index (χ1v) is 5.55. The van der Waals surface area contributed by atoms with Crippen molar-refractivity contribution in [1.82, 2.24) is 9.55 Å². The largest absolute Gasteiger partial charge is 0.377 e. The van der Waals surface area contributed by atoms with Crippen LogP contribution in [0.1, 0.15) is 6.92 Å². The van der Waals surface area contributed by atoms with Crippen molar-refractivity contribution in [3.63, 3.8) is 0 Å². The molecule has 0 aromatic carbocycles. The fraction of sp³-hybridized carbons (Fsp3) is 0.600. The Balaban J connectivity index is 2.42. The van der Waals surface area contributed by atoms with Crippen molar-refractivity contribution in [2.75, 3.05) is 24.7 Å². The summed E-state index contributed by atoms with van der Waals surface area (Å²) in [5.41, 5.74) is -0.332. The number of halogens is 1. The van der Waals surface area contributed by atoms with Crippen LogP contribution in [0.2, 0.25) is 5.15 Å². The highest BCUT2D eigenvalue weighted by Crippen LogP contribution is 2.19. The van der Waals surface area contributed by atoms with Crippen molar-refractivity contribution in [3.05, 3.63) is 21.7 Å². The Labute approximate surface area is 98.6 Å². The number of nitrogens with zero attached hydrogens (tertiary/aromatic N) is 3. The molecule has 0 bridgehead atoms. The van der Waals surface area contributed by atoms with E-state index in [4.69, 9.17) is 16.3 Å². The van der Waals surface area contributed by atoms with Gasteiger partial charge in [0.05, 0.1) is 19.3 Å². The summed E-state index contributed by atoms with van der Waals surface area (Å²) in [5, 5.41) is 0.233. The van der Waals surface area contributed by atoms with Gasteiger partial charge < -0.3 is 9.64 Å². The van der Waals surface area contributed by atoms with Crippen LogP contribution in [0.15, 0.2) is 10.9 Å². The molecule has 0 radical (unpaired) electrons. The lowest BCUT2D eigenvalue weighted by Crippen LogP contribution is -2.46. The van der Waals surface area contributed by atoms with Crippen molar-refractivity contribution in [2.45, 2.75) is 13.0 Å². The summed E-state index contributed by atoms with van der Waals surface area (Å²) in [7, 11) is 1.70. The number of anilines is 1. The Hall–Kier alpha value is -1.07. The highest BCUT2D eigenvalue weighted by Gasteiger charge is 2.21. The van der Waals surface area contributed by atoms with Gasteiger partial charge in [0.2, 0.25) is 0 Å². The predicted octanol–water partition coefficient (Wildman–Crippen LogP) is 0.659. The average Bonchev–Trinajstić information content (AvgIpc) is 2.24. The van der Waals surface area contributed by atoms with Gasteiger partial charge in [-0.1, -0.05) is 11.6 Å². The van der Waals surface area contributed by atoms with Crippen molar-refractivity contribution in [2.24, 2.45) is 7.05 Å². The van der Waals surface area contributed by atoms with Gasteiger partial charge in [0.25, 0.3) is 0 Å². The minimum absolute atomic E-state index is 0.233. The fourth-order valence-electron chi connectivity index (χ4n) is 1.84. The molecular weight excluding hydrogens is 230 g/mol. The van der Waals surface area contributed by atoms with E-state index >= 15 is 0 Å². The molecule has 2 rings (SSSR count). The van der Waals surface area contributed by atoms with Crippen LogP contribution in [-0.4, -0.2) is 35.4 Å². The summed E-state index contributed by atoms with van der Waals surface area (Å²) in [6, 6.07) is 1.95. The maximum absolute atomic E-state index is 11.5. The smallest absolute Gasteiger partial charge is 0.350 e. The molecule has 0 aliphatic carbocycles. The van der Waals surface area contributed by atoms with E-state index < -0.39 is 0 Å². The minimum atomic E-state index is -0.332. The molecule has 1 aliphatic rings. The van der Waals surface area contributed by atoms with E-state index in [9.17, 15) is 4.79 Å². The summed E-state index contributed by atoms with van der Waals surface area (Å²) in [4.78, 5) is 17.3. The standard InChI is InChI=1S/C10H14ClN3O2/c1-7-6-16-4-3-14(7)9-5-8(11)12-10(15)13(9)2/h5,7H,3-4,6H2,1-2H3/t7-/m0/s1. The van der Waals surface area contributed by atoms with Crippen molar-refractivity contribution < 1.29 is 4.74 Å². The molecule has 2 heterocycles. The molecule has 1 saturated heterocycles. The predicted molar refractivity (Wildman–Crippen MR) is 62.1 cm³/mol. The Morgan fingerprint density at radius 1 is 1.62 bits per heavy atom. The van der Waals surface area contributed by atoms with E-state index in [2.05, 4.69) is 16.8 Å². The van der Waals surface area contributed by atoms with Crippen LogP contribution >= 0.6 is 11.6 Å². The normalized spacial score (nSPS) is 21.2. The molecule has 0 N–H and O–H groups in total. The van der Waals surface area contributed by atoms with Crippen LogP contribution in [0, 0.1) is 0 Å². The molecule has 5 nitrogen and oxygen atoms in total. The maximum atomic E-state index is 11.5. The molecule has 1 aromatic heterocycles. The van der Waals surface area contributed by atoms with Gasteiger partial charge in [-0.15, -0.1) is 0 Å². The molecule has 0 unspecified atom stereocenters. The van der Waals surface area contributed by atoms with Gasteiger partial charge in [0.1, 0.15) is 11.0 Å². The number of morpholine rings is 1. The van der Waals surface area contributed by atoms with Crippen LogP contribution in [-0.2, 0) is 11.8 Å². The monoisotopic (exact) mass is 243 g/mol. The third-order valence-electron chi connectivity index (χ3n) is 2.74. The summed E-state index contributed by atoms with van der Waals surface area (Å²) >= 11 is 5.81. The molecule has 1 atom stereocenters. The SMILES string of the molecule is C[C@H]1COCCN1c1cc(Cl)nc(=O)n1C. The second-order valence-corrected chi connectivity index (χ2v) is 4.28. The summed E-state index contributed by atoms with van der Waals surface area (Å²) < 4.78 is 6.86. The first kappa shape index (κ1) is 11.4. The molecule has 1 fully saturated rings. The van der Waals surface area contributed by atoms with Gasteiger partial charge in [0.15, 0.2) is 0 Å². The Kier molecular flexibility index (Phi) is 3.16. The molecule has 0 saturated carbocycles. The Bertz CT molecular complexity index is 446. The van der Waals surface area contributed by atoms with Crippen LogP contribution < -0.4 is 10.6 Å². The first-order chi connectivity index (χ1) is 7.59. The third kappa shape index (κ3) is 2.05. The van der Waals surface area contributed by atoms with Gasteiger partial charge in [-0.25, -0.2) is 4.79 Å². The Morgan fingerprint density at radius 2 is 2.38 bits per heavy atom. The Morgan fingerprint density at radius 3 is 3.06 bits per heavy atom. The lowest BCUT2D eigenvalue weighted by atomic mass is 10.2. The first-order valence-electron chi connectivity index (χ1n) is 5.17. The molecule has 88 valence electrons. The van der Waals surface area contributed by atoms with Gasteiger partial charge in [-0.2, -0.15) is 4.98 Å². The van der Waals surface area contributed by atoms with Crippen molar-refractivity contribution in [3.8, 4) is 0 Å². The summed E-state index contributed by atoms with van der Waals surface area (Å²) in [5.74, 6) is 0.792. The summed E-state index contributed by atoms with van der Waals surface area (Å²) in [6.45, 7) is 4.14.